The summed E-state index contributed by atoms with van der Waals surface area (Å²) in [5, 5.41) is 7.65. The van der Waals surface area contributed by atoms with E-state index in [0.29, 0.717) is 12.1 Å². The number of amides is 1. The van der Waals surface area contributed by atoms with Crippen LogP contribution in [0.1, 0.15) is 39.9 Å². The molecular formula is C22H21N3O. The Kier molecular flexibility index (Phi) is 4.48. The summed E-state index contributed by atoms with van der Waals surface area (Å²) in [5.41, 5.74) is 4.45. The first-order chi connectivity index (χ1) is 12.8. The number of carbonyl (C=O) groups is 1. The molecule has 0 bridgehead atoms. The van der Waals surface area contributed by atoms with Gasteiger partial charge in [-0.3, -0.25) is 4.79 Å². The molecule has 26 heavy (non-hydrogen) atoms. The van der Waals surface area contributed by atoms with Gasteiger partial charge in [0.25, 0.3) is 5.91 Å². The lowest BCUT2D eigenvalue weighted by atomic mass is 9.83. The van der Waals surface area contributed by atoms with Gasteiger partial charge >= 0.3 is 0 Å². The molecule has 0 radical (unpaired) electrons. The minimum absolute atomic E-state index is 0.0149. The van der Waals surface area contributed by atoms with Crippen LogP contribution in [-0.4, -0.2) is 33.6 Å². The van der Waals surface area contributed by atoms with Crippen LogP contribution < -0.4 is 0 Å². The van der Waals surface area contributed by atoms with Crippen molar-refractivity contribution in [1.82, 2.24) is 15.1 Å². The van der Waals surface area contributed by atoms with Gasteiger partial charge in [0.15, 0.2) is 0 Å². The third kappa shape index (κ3) is 2.99. The minimum Gasteiger partial charge on any atom is -0.335 e. The molecule has 0 unspecified atom stereocenters. The Morgan fingerprint density at radius 1 is 1.00 bits per heavy atom. The first kappa shape index (κ1) is 16.5. The van der Waals surface area contributed by atoms with Crippen LogP contribution in [-0.2, 0) is 6.42 Å². The summed E-state index contributed by atoms with van der Waals surface area (Å²) in [7, 11) is 0. The van der Waals surface area contributed by atoms with E-state index < -0.39 is 0 Å². The molecule has 0 saturated heterocycles. The van der Waals surface area contributed by atoms with E-state index in [1.807, 2.05) is 11.0 Å². The number of benzene rings is 2. The quantitative estimate of drug-likeness (QED) is 0.713. The molecule has 4 heteroatoms. The van der Waals surface area contributed by atoms with Crippen LogP contribution in [0.5, 0.6) is 0 Å². The van der Waals surface area contributed by atoms with Crippen molar-refractivity contribution < 1.29 is 4.79 Å². The SMILES string of the molecule is C[C@@H]1[C@@H](c2ccccc2)c2ccccc2CCN1C(=O)c1ccnnc1. The molecule has 0 fully saturated rings. The highest BCUT2D eigenvalue weighted by Crippen LogP contribution is 2.36. The molecule has 1 amide bonds. The third-order valence-corrected chi connectivity index (χ3v) is 5.24. The summed E-state index contributed by atoms with van der Waals surface area (Å²) in [6, 6.07) is 20.8. The van der Waals surface area contributed by atoms with Gasteiger partial charge in [0.1, 0.15) is 0 Å². The van der Waals surface area contributed by atoms with E-state index in [0.717, 1.165) is 6.42 Å². The summed E-state index contributed by atoms with van der Waals surface area (Å²) in [6.07, 6.45) is 3.97. The zero-order chi connectivity index (χ0) is 17.9. The molecular weight excluding hydrogens is 322 g/mol. The summed E-state index contributed by atoms with van der Waals surface area (Å²) in [4.78, 5) is 15.1. The topological polar surface area (TPSA) is 46.1 Å². The van der Waals surface area contributed by atoms with Crippen molar-refractivity contribution in [2.45, 2.75) is 25.3 Å². The number of hydrogen-bond donors (Lipinski definition) is 0. The van der Waals surface area contributed by atoms with E-state index >= 15 is 0 Å². The highest BCUT2D eigenvalue weighted by atomic mass is 16.2. The number of rotatable bonds is 2. The van der Waals surface area contributed by atoms with Crippen LogP contribution >= 0.6 is 0 Å². The smallest absolute Gasteiger partial charge is 0.255 e. The average Bonchev–Trinajstić information content (AvgIpc) is 2.85. The monoisotopic (exact) mass is 343 g/mol. The molecule has 2 aromatic carbocycles. The van der Waals surface area contributed by atoms with Crippen LogP contribution in [0.4, 0.5) is 0 Å². The van der Waals surface area contributed by atoms with Crippen LogP contribution in [0.25, 0.3) is 0 Å². The Morgan fingerprint density at radius 3 is 2.54 bits per heavy atom. The highest BCUT2D eigenvalue weighted by molar-refractivity contribution is 5.94. The average molecular weight is 343 g/mol. The molecule has 0 spiro atoms. The van der Waals surface area contributed by atoms with Gasteiger partial charge in [0, 0.05) is 18.5 Å². The van der Waals surface area contributed by atoms with Crippen LogP contribution in [0.2, 0.25) is 0 Å². The van der Waals surface area contributed by atoms with Crippen molar-refractivity contribution >= 4 is 5.91 Å². The summed E-state index contributed by atoms with van der Waals surface area (Å²) in [5.74, 6) is 0.162. The lowest BCUT2D eigenvalue weighted by Crippen LogP contribution is -2.42. The van der Waals surface area contributed by atoms with Crippen molar-refractivity contribution in [2.24, 2.45) is 0 Å². The summed E-state index contributed by atoms with van der Waals surface area (Å²) in [6.45, 7) is 2.84. The largest absolute Gasteiger partial charge is 0.335 e. The minimum atomic E-state index is 0.0149. The molecule has 0 N–H and O–H groups in total. The van der Waals surface area contributed by atoms with E-state index in [-0.39, 0.29) is 17.9 Å². The van der Waals surface area contributed by atoms with Gasteiger partial charge in [-0.15, -0.1) is 0 Å². The van der Waals surface area contributed by atoms with Gasteiger partial charge in [0.05, 0.1) is 18.0 Å². The molecule has 2 atom stereocenters. The molecule has 0 aliphatic carbocycles. The first-order valence-electron chi connectivity index (χ1n) is 8.96. The second kappa shape index (κ2) is 7.08. The van der Waals surface area contributed by atoms with Crippen molar-refractivity contribution in [3.05, 3.63) is 95.3 Å². The Bertz CT molecular complexity index is 896. The second-order valence-corrected chi connectivity index (χ2v) is 6.71. The van der Waals surface area contributed by atoms with Gasteiger partial charge in [-0.25, -0.2) is 0 Å². The van der Waals surface area contributed by atoms with Crippen molar-refractivity contribution in [2.75, 3.05) is 6.54 Å². The standard InChI is InChI=1S/C22H21N3O/c1-16-21(18-8-3-2-4-9-18)20-10-6-5-7-17(20)12-14-25(16)22(26)19-11-13-23-24-15-19/h2-11,13,15-16,21H,12,14H2,1H3/t16-,21+/m1/s1. The van der Waals surface area contributed by atoms with Crippen LogP contribution in [0, 0.1) is 0 Å². The number of nitrogens with zero attached hydrogens (tertiary/aromatic N) is 3. The van der Waals surface area contributed by atoms with Crippen molar-refractivity contribution in [3.8, 4) is 0 Å². The fraction of sp³-hybridized carbons (Fsp3) is 0.227. The van der Waals surface area contributed by atoms with E-state index in [2.05, 4.69) is 65.7 Å². The number of hydrogen-bond acceptors (Lipinski definition) is 3. The van der Waals surface area contributed by atoms with Crippen LogP contribution in [0.15, 0.2) is 73.1 Å². The predicted molar refractivity (Wildman–Crippen MR) is 101 cm³/mol. The Labute approximate surface area is 153 Å². The number of fused-ring (bicyclic) bond motifs is 1. The summed E-state index contributed by atoms with van der Waals surface area (Å²) < 4.78 is 0. The molecule has 4 nitrogen and oxygen atoms in total. The Morgan fingerprint density at radius 2 is 1.77 bits per heavy atom. The fourth-order valence-electron chi connectivity index (χ4n) is 3.94. The van der Waals surface area contributed by atoms with E-state index in [1.165, 1.54) is 16.7 Å². The third-order valence-electron chi connectivity index (χ3n) is 5.24. The normalized spacial score (nSPS) is 19.5. The van der Waals surface area contributed by atoms with Gasteiger partial charge in [-0.05, 0) is 36.1 Å². The maximum atomic E-state index is 13.1. The molecule has 3 aromatic rings. The highest BCUT2D eigenvalue weighted by Gasteiger charge is 2.33. The molecule has 130 valence electrons. The van der Waals surface area contributed by atoms with Gasteiger partial charge in [0.2, 0.25) is 0 Å². The molecule has 4 rings (SSSR count). The summed E-state index contributed by atoms with van der Waals surface area (Å²) >= 11 is 0. The molecule has 0 saturated carbocycles. The van der Waals surface area contributed by atoms with Crippen LogP contribution in [0.3, 0.4) is 0 Å². The van der Waals surface area contributed by atoms with Crippen molar-refractivity contribution in [3.63, 3.8) is 0 Å². The predicted octanol–water partition coefficient (Wildman–Crippen LogP) is 3.70. The molecule has 1 aliphatic rings. The number of carbonyl (C=O) groups excluding carboxylic acids is 1. The van der Waals surface area contributed by atoms with E-state index in [4.69, 9.17) is 0 Å². The fourth-order valence-corrected chi connectivity index (χ4v) is 3.94. The molecule has 1 aromatic heterocycles. The lowest BCUT2D eigenvalue weighted by Gasteiger charge is -2.33. The lowest BCUT2D eigenvalue weighted by molar-refractivity contribution is 0.0687. The Hall–Kier alpha value is -3.01. The molecule has 2 heterocycles. The Balaban J connectivity index is 1.78. The zero-order valence-corrected chi connectivity index (χ0v) is 14.7. The van der Waals surface area contributed by atoms with E-state index in [9.17, 15) is 4.79 Å². The maximum absolute atomic E-state index is 13.1. The van der Waals surface area contributed by atoms with Crippen molar-refractivity contribution in [1.29, 1.82) is 0 Å². The second-order valence-electron chi connectivity index (χ2n) is 6.71. The maximum Gasteiger partial charge on any atom is 0.255 e. The van der Waals surface area contributed by atoms with Gasteiger partial charge < -0.3 is 4.90 Å². The van der Waals surface area contributed by atoms with Gasteiger partial charge in [-0.1, -0.05) is 54.6 Å². The van der Waals surface area contributed by atoms with Gasteiger partial charge in [-0.2, -0.15) is 10.2 Å². The van der Waals surface area contributed by atoms with E-state index in [1.54, 1.807) is 18.5 Å². The zero-order valence-electron chi connectivity index (χ0n) is 14.7. The molecule has 1 aliphatic heterocycles. The first-order valence-corrected chi connectivity index (χ1v) is 8.96. The number of aromatic nitrogens is 2.